The zero-order chi connectivity index (χ0) is 18.7. The summed E-state index contributed by atoms with van der Waals surface area (Å²) in [6.45, 7) is 4.72. The molecule has 1 aliphatic rings. The number of nitrogens with zero attached hydrogens (tertiary/aromatic N) is 2. The first-order chi connectivity index (χ1) is 12.5. The summed E-state index contributed by atoms with van der Waals surface area (Å²) in [5.41, 5.74) is 2.71. The van der Waals surface area contributed by atoms with Crippen molar-refractivity contribution >= 4 is 17.3 Å². The van der Waals surface area contributed by atoms with Crippen LogP contribution in [0.1, 0.15) is 37.3 Å². The summed E-state index contributed by atoms with van der Waals surface area (Å²) in [6.07, 6.45) is 1.61. The molecule has 26 heavy (non-hydrogen) atoms. The van der Waals surface area contributed by atoms with Gasteiger partial charge in [-0.1, -0.05) is 32.0 Å². The average Bonchev–Trinajstić information content (AvgIpc) is 3.09. The van der Waals surface area contributed by atoms with Gasteiger partial charge in [-0.25, -0.2) is 0 Å². The average molecular weight is 354 g/mol. The van der Waals surface area contributed by atoms with Crippen LogP contribution in [0.15, 0.2) is 42.5 Å². The van der Waals surface area contributed by atoms with Gasteiger partial charge >= 0.3 is 0 Å². The number of rotatable bonds is 6. The third kappa shape index (κ3) is 3.54. The number of carbonyl (C=O) groups excluding carboxylic acids is 1. The number of benzene rings is 2. The van der Waals surface area contributed by atoms with Gasteiger partial charge in [0.25, 0.3) is 11.6 Å². The minimum Gasteiger partial charge on any atom is -0.483 e. The zero-order valence-corrected chi connectivity index (χ0v) is 15.0. The largest absolute Gasteiger partial charge is 0.483 e. The maximum atomic E-state index is 12.6. The number of fused-ring (bicyclic) bond motifs is 1. The monoisotopic (exact) mass is 354 g/mol. The van der Waals surface area contributed by atoms with Crippen molar-refractivity contribution in [2.24, 2.45) is 0 Å². The van der Waals surface area contributed by atoms with Crippen LogP contribution in [0.3, 0.4) is 0 Å². The van der Waals surface area contributed by atoms with Gasteiger partial charge in [-0.2, -0.15) is 0 Å². The van der Waals surface area contributed by atoms with Crippen LogP contribution >= 0.6 is 0 Å². The van der Waals surface area contributed by atoms with E-state index in [1.807, 2.05) is 24.3 Å². The van der Waals surface area contributed by atoms with E-state index in [-0.39, 0.29) is 18.2 Å². The number of nitro benzene ring substituents is 1. The second-order valence-electron chi connectivity index (χ2n) is 6.50. The summed E-state index contributed by atoms with van der Waals surface area (Å²) in [7, 11) is 0. The number of nitro groups is 1. The van der Waals surface area contributed by atoms with Crippen molar-refractivity contribution in [2.75, 3.05) is 18.1 Å². The molecule has 0 radical (unpaired) electrons. The molecule has 2 aromatic rings. The lowest BCUT2D eigenvalue weighted by atomic mass is 9.98. The molecule has 0 fully saturated rings. The van der Waals surface area contributed by atoms with Crippen molar-refractivity contribution in [1.29, 1.82) is 0 Å². The summed E-state index contributed by atoms with van der Waals surface area (Å²) in [5, 5.41) is 10.9. The first-order valence-electron chi connectivity index (χ1n) is 8.80. The van der Waals surface area contributed by atoms with Gasteiger partial charge in [0.15, 0.2) is 6.61 Å². The zero-order valence-electron chi connectivity index (χ0n) is 15.0. The molecule has 1 heterocycles. The lowest BCUT2D eigenvalue weighted by Crippen LogP contribution is -2.33. The minimum atomic E-state index is -0.417. The van der Waals surface area contributed by atoms with Gasteiger partial charge in [-0.05, 0) is 42.0 Å². The molecule has 6 heteroatoms. The Labute approximate surface area is 152 Å². The van der Waals surface area contributed by atoms with Crippen LogP contribution in [0.4, 0.5) is 11.4 Å². The minimum absolute atomic E-state index is 0.0517. The second-order valence-corrected chi connectivity index (χ2v) is 6.50. The molecule has 2 aromatic carbocycles. The van der Waals surface area contributed by atoms with E-state index in [1.165, 1.54) is 6.07 Å². The highest BCUT2D eigenvalue weighted by atomic mass is 16.6. The molecular weight excluding hydrogens is 332 g/mol. The summed E-state index contributed by atoms with van der Waals surface area (Å²) in [5.74, 6) is 0.948. The van der Waals surface area contributed by atoms with E-state index in [2.05, 4.69) is 13.8 Å². The van der Waals surface area contributed by atoms with E-state index < -0.39 is 4.92 Å². The fourth-order valence-corrected chi connectivity index (χ4v) is 3.22. The van der Waals surface area contributed by atoms with Gasteiger partial charge in [0.1, 0.15) is 5.75 Å². The molecule has 6 nitrogen and oxygen atoms in total. The first-order valence-corrected chi connectivity index (χ1v) is 8.80. The van der Waals surface area contributed by atoms with Crippen LogP contribution in [0.25, 0.3) is 0 Å². The highest BCUT2D eigenvalue weighted by molar-refractivity contribution is 5.96. The number of ether oxygens (including phenoxy) is 1. The van der Waals surface area contributed by atoms with Crippen LogP contribution in [0.2, 0.25) is 0 Å². The van der Waals surface area contributed by atoms with Crippen LogP contribution in [-0.2, 0) is 11.2 Å². The van der Waals surface area contributed by atoms with Gasteiger partial charge in [0.2, 0.25) is 0 Å². The molecule has 136 valence electrons. The van der Waals surface area contributed by atoms with Gasteiger partial charge in [-0.15, -0.1) is 0 Å². The number of amides is 1. The topological polar surface area (TPSA) is 72.7 Å². The summed E-state index contributed by atoms with van der Waals surface area (Å²) >= 11 is 0. The fraction of sp³-hybridized carbons (Fsp3) is 0.350. The predicted octanol–water partition coefficient (Wildman–Crippen LogP) is 4.08. The number of hydrogen-bond acceptors (Lipinski definition) is 4. The Balaban J connectivity index is 1.71. The standard InChI is InChI=1S/C20H22N2O4/c1-3-14(2)17-6-4-5-7-19(17)26-13-20(23)21-11-10-15-12-16(22(24)25)8-9-18(15)21/h4-9,12,14H,3,10-11,13H2,1-2H3. The molecule has 1 aliphatic heterocycles. The molecule has 0 bridgehead atoms. The highest BCUT2D eigenvalue weighted by Crippen LogP contribution is 2.32. The molecule has 0 saturated heterocycles. The van der Waals surface area contributed by atoms with E-state index in [0.717, 1.165) is 29.0 Å². The third-order valence-corrected chi connectivity index (χ3v) is 4.88. The van der Waals surface area contributed by atoms with Crippen LogP contribution in [0.5, 0.6) is 5.75 Å². The van der Waals surface area contributed by atoms with Gasteiger partial charge < -0.3 is 9.64 Å². The number of carbonyl (C=O) groups is 1. The van der Waals surface area contributed by atoms with Crippen molar-refractivity contribution in [3.8, 4) is 5.75 Å². The van der Waals surface area contributed by atoms with E-state index in [0.29, 0.717) is 18.9 Å². The molecule has 0 N–H and O–H groups in total. The van der Waals surface area contributed by atoms with Crippen molar-refractivity contribution in [3.05, 3.63) is 63.7 Å². The van der Waals surface area contributed by atoms with Gasteiger partial charge in [0, 0.05) is 24.4 Å². The predicted molar refractivity (Wildman–Crippen MR) is 99.8 cm³/mol. The maximum Gasteiger partial charge on any atom is 0.269 e. The molecule has 0 aliphatic carbocycles. The first kappa shape index (κ1) is 17.9. The molecular formula is C20H22N2O4. The van der Waals surface area contributed by atoms with Crippen LogP contribution in [-0.4, -0.2) is 24.0 Å². The van der Waals surface area contributed by atoms with Gasteiger partial charge in [0.05, 0.1) is 4.92 Å². The Morgan fingerprint density at radius 1 is 1.31 bits per heavy atom. The molecule has 1 unspecified atom stereocenters. The molecule has 0 saturated carbocycles. The van der Waals surface area contributed by atoms with E-state index in [9.17, 15) is 14.9 Å². The quantitative estimate of drug-likeness (QED) is 0.579. The van der Waals surface area contributed by atoms with E-state index in [1.54, 1.807) is 17.0 Å². The maximum absolute atomic E-state index is 12.6. The van der Waals surface area contributed by atoms with E-state index >= 15 is 0 Å². The smallest absolute Gasteiger partial charge is 0.269 e. The molecule has 3 rings (SSSR count). The molecule has 1 atom stereocenters. The van der Waals surface area contributed by atoms with Crippen molar-refractivity contribution in [2.45, 2.75) is 32.6 Å². The Kier molecular flexibility index (Phi) is 5.21. The lowest BCUT2D eigenvalue weighted by Gasteiger charge is -2.19. The summed E-state index contributed by atoms with van der Waals surface area (Å²) in [6, 6.07) is 12.4. The Bertz CT molecular complexity index is 834. The summed E-state index contributed by atoms with van der Waals surface area (Å²) < 4.78 is 5.81. The van der Waals surface area contributed by atoms with Crippen LogP contribution < -0.4 is 9.64 Å². The Morgan fingerprint density at radius 3 is 2.81 bits per heavy atom. The van der Waals surface area contributed by atoms with Crippen molar-refractivity contribution in [3.63, 3.8) is 0 Å². The van der Waals surface area contributed by atoms with Gasteiger partial charge in [-0.3, -0.25) is 14.9 Å². The number of non-ortho nitro benzene ring substituents is 1. The third-order valence-electron chi connectivity index (χ3n) is 4.88. The Morgan fingerprint density at radius 2 is 2.08 bits per heavy atom. The normalized spacial score (nSPS) is 14.0. The molecule has 0 aromatic heterocycles. The van der Waals surface area contributed by atoms with E-state index in [4.69, 9.17) is 4.74 Å². The Hall–Kier alpha value is -2.89. The second kappa shape index (κ2) is 7.56. The van der Waals surface area contributed by atoms with Crippen molar-refractivity contribution in [1.82, 2.24) is 0 Å². The van der Waals surface area contributed by atoms with Crippen molar-refractivity contribution < 1.29 is 14.5 Å². The molecule has 1 amide bonds. The number of para-hydroxylation sites is 1. The SMILES string of the molecule is CCC(C)c1ccccc1OCC(=O)N1CCc2cc([N+](=O)[O-])ccc21. The highest BCUT2D eigenvalue weighted by Gasteiger charge is 2.26. The summed E-state index contributed by atoms with van der Waals surface area (Å²) in [4.78, 5) is 24.7. The fourth-order valence-electron chi connectivity index (χ4n) is 3.22. The number of anilines is 1. The lowest BCUT2D eigenvalue weighted by molar-refractivity contribution is -0.384. The number of hydrogen-bond donors (Lipinski definition) is 0. The molecule has 0 spiro atoms. The van der Waals surface area contributed by atoms with Crippen LogP contribution in [0, 0.1) is 10.1 Å².